The average molecular weight is 247 g/mol. The summed E-state index contributed by atoms with van der Waals surface area (Å²) in [5.74, 6) is -1.21. The van der Waals surface area contributed by atoms with E-state index in [2.05, 4.69) is 5.32 Å². The van der Waals surface area contributed by atoms with Crippen LogP contribution >= 0.6 is 0 Å². The highest BCUT2D eigenvalue weighted by Gasteiger charge is 2.08. The predicted molar refractivity (Wildman–Crippen MR) is 70.1 cm³/mol. The Hall–Kier alpha value is -2.10. The maximum absolute atomic E-state index is 11.5. The molecular weight excluding hydrogens is 230 g/mol. The third-order valence-corrected chi connectivity index (χ3v) is 2.47. The van der Waals surface area contributed by atoms with Crippen LogP contribution in [0.3, 0.4) is 0 Å². The molecule has 18 heavy (non-hydrogen) atoms. The third kappa shape index (κ3) is 4.82. The first-order chi connectivity index (χ1) is 8.49. The Morgan fingerprint density at radius 2 is 2.06 bits per heavy atom. The molecule has 0 aliphatic heterocycles. The largest absolute Gasteiger partial charge is 0.481 e. The van der Waals surface area contributed by atoms with Gasteiger partial charge >= 0.3 is 5.97 Å². The first kappa shape index (κ1) is 14.0. The third-order valence-electron chi connectivity index (χ3n) is 2.47. The molecule has 1 aromatic carbocycles. The number of carboxylic acid groups (broad SMARTS) is 1. The molecule has 0 bridgehead atoms. The summed E-state index contributed by atoms with van der Waals surface area (Å²) in [7, 11) is 0. The molecule has 1 unspecified atom stereocenters. The molecule has 0 saturated heterocycles. The Morgan fingerprint density at radius 3 is 2.67 bits per heavy atom. The van der Waals surface area contributed by atoms with Gasteiger partial charge in [-0.1, -0.05) is 24.3 Å². The number of aliphatic carboxylic acids is 1. The van der Waals surface area contributed by atoms with Gasteiger partial charge in [0, 0.05) is 12.1 Å². The number of hydrogen-bond donors (Lipinski definition) is 2. The second-order valence-corrected chi connectivity index (χ2v) is 4.20. The van der Waals surface area contributed by atoms with Gasteiger partial charge < -0.3 is 10.4 Å². The maximum atomic E-state index is 11.5. The lowest BCUT2D eigenvalue weighted by atomic mass is 10.1. The lowest BCUT2D eigenvalue weighted by molar-refractivity contribution is -0.137. The van der Waals surface area contributed by atoms with E-state index in [-0.39, 0.29) is 18.4 Å². The topological polar surface area (TPSA) is 66.4 Å². The molecule has 0 aliphatic carbocycles. The minimum absolute atomic E-state index is 0.0794. The highest BCUT2D eigenvalue weighted by Crippen LogP contribution is 2.08. The Labute approximate surface area is 106 Å². The molecule has 0 fully saturated rings. The Kier molecular flexibility index (Phi) is 5.11. The summed E-state index contributed by atoms with van der Waals surface area (Å²) in [5.41, 5.74) is 2.05. The zero-order valence-electron chi connectivity index (χ0n) is 10.5. The van der Waals surface area contributed by atoms with Crippen LogP contribution in [0.25, 0.3) is 6.08 Å². The zero-order chi connectivity index (χ0) is 13.5. The van der Waals surface area contributed by atoms with Crippen molar-refractivity contribution >= 4 is 18.0 Å². The van der Waals surface area contributed by atoms with Crippen LogP contribution in [0, 0.1) is 6.92 Å². The Morgan fingerprint density at radius 1 is 1.39 bits per heavy atom. The summed E-state index contributed by atoms with van der Waals surface area (Å²) in [6, 6.07) is 7.33. The van der Waals surface area contributed by atoms with Gasteiger partial charge in [0.25, 0.3) is 0 Å². The van der Waals surface area contributed by atoms with Gasteiger partial charge in [-0.25, -0.2) is 0 Å². The highest BCUT2D eigenvalue weighted by atomic mass is 16.4. The number of carboxylic acids is 1. The van der Waals surface area contributed by atoms with Gasteiger partial charge in [0.05, 0.1) is 6.42 Å². The molecule has 2 N–H and O–H groups in total. The van der Waals surface area contributed by atoms with Gasteiger partial charge in [-0.2, -0.15) is 0 Å². The molecule has 1 aromatic rings. The van der Waals surface area contributed by atoms with Gasteiger partial charge in [-0.05, 0) is 31.1 Å². The molecule has 96 valence electrons. The summed E-state index contributed by atoms with van der Waals surface area (Å²) < 4.78 is 0. The number of carbonyl (C=O) groups is 2. The highest BCUT2D eigenvalue weighted by molar-refractivity contribution is 5.92. The van der Waals surface area contributed by atoms with Crippen LogP contribution in [0.2, 0.25) is 0 Å². The van der Waals surface area contributed by atoms with E-state index in [4.69, 9.17) is 5.11 Å². The molecule has 0 radical (unpaired) electrons. The van der Waals surface area contributed by atoms with Crippen LogP contribution in [0.4, 0.5) is 0 Å². The first-order valence-electron chi connectivity index (χ1n) is 5.75. The van der Waals surface area contributed by atoms with Gasteiger partial charge in [-0.15, -0.1) is 0 Å². The molecule has 0 heterocycles. The number of amides is 1. The van der Waals surface area contributed by atoms with E-state index < -0.39 is 5.97 Å². The number of nitrogens with one attached hydrogen (secondary N) is 1. The van der Waals surface area contributed by atoms with Crippen molar-refractivity contribution in [3.8, 4) is 0 Å². The fraction of sp³-hybridized carbons (Fsp3) is 0.286. The number of benzene rings is 1. The second kappa shape index (κ2) is 6.59. The number of aryl methyl sites for hydroxylation is 1. The molecule has 1 amide bonds. The quantitative estimate of drug-likeness (QED) is 0.782. The maximum Gasteiger partial charge on any atom is 0.305 e. The van der Waals surface area contributed by atoms with Gasteiger partial charge in [0.2, 0.25) is 5.91 Å². The van der Waals surface area contributed by atoms with Crippen molar-refractivity contribution in [2.24, 2.45) is 0 Å². The van der Waals surface area contributed by atoms with Crippen LogP contribution in [-0.4, -0.2) is 23.0 Å². The lowest BCUT2D eigenvalue weighted by Crippen LogP contribution is -2.32. The fourth-order valence-corrected chi connectivity index (χ4v) is 1.54. The molecule has 4 heteroatoms. The molecule has 1 rings (SSSR count). The van der Waals surface area contributed by atoms with Gasteiger partial charge in [0.15, 0.2) is 0 Å². The van der Waals surface area contributed by atoms with Crippen LogP contribution < -0.4 is 5.32 Å². The van der Waals surface area contributed by atoms with E-state index in [1.807, 2.05) is 31.2 Å². The van der Waals surface area contributed by atoms with E-state index in [9.17, 15) is 9.59 Å². The Bertz CT molecular complexity index is 466. The van der Waals surface area contributed by atoms with E-state index in [1.165, 1.54) is 6.08 Å². The van der Waals surface area contributed by atoms with E-state index in [0.717, 1.165) is 11.1 Å². The van der Waals surface area contributed by atoms with Crippen LogP contribution in [0.5, 0.6) is 0 Å². The molecule has 0 aliphatic rings. The lowest BCUT2D eigenvalue weighted by Gasteiger charge is -2.09. The van der Waals surface area contributed by atoms with E-state index in [1.54, 1.807) is 13.0 Å². The van der Waals surface area contributed by atoms with E-state index in [0.29, 0.717) is 0 Å². The smallest absolute Gasteiger partial charge is 0.305 e. The van der Waals surface area contributed by atoms with Crippen LogP contribution in [-0.2, 0) is 9.59 Å². The fourth-order valence-electron chi connectivity index (χ4n) is 1.54. The molecule has 0 spiro atoms. The summed E-state index contributed by atoms with van der Waals surface area (Å²) in [6.45, 7) is 3.62. The van der Waals surface area contributed by atoms with Crippen LogP contribution in [0.1, 0.15) is 24.5 Å². The molecule has 4 nitrogen and oxygen atoms in total. The van der Waals surface area contributed by atoms with Crippen molar-refractivity contribution in [3.63, 3.8) is 0 Å². The van der Waals surface area contributed by atoms with Gasteiger partial charge in [-0.3, -0.25) is 9.59 Å². The molecule has 0 aromatic heterocycles. The summed E-state index contributed by atoms with van der Waals surface area (Å²) in [6.07, 6.45) is 3.06. The number of carbonyl (C=O) groups excluding carboxylic acids is 1. The average Bonchev–Trinajstić information content (AvgIpc) is 2.26. The van der Waals surface area contributed by atoms with Crippen molar-refractivity contribution in [3.05, 3.63) is 41.5 Å². The van der Waals surface area contributed by atoms with Crippen molar-refractivity contribution in [1.29, 1.82) is 0 Å². The standard InChI is InChI=1S/C14H17NO3/c1-10-5-3-4-6-12(10)7-8-13(16)15-11(2)9-14(17)18/h3-8,11H,9H2,1-2H3,(H,15,16)(H,17,18)/b8-7+. The van der Waals surface area contributed by atoms with Crippen molar-refractivity contribution in [2.75, 3.05) is 0 Å². The normalized spacial score (nSPS) is 12.3. The minimum Gasteiger partial charge on any atom is -0.481 e. The minimum atomic E-state index is -0.925. The molecule has 0 saturated carbocycles. The summed E-state index contributed by atoms with van der Waals surface area (Å²) >= 11 is 0. The molecule has 1 atom stereocenters. The van der Waals surface area contributed by atoms with Crippen LogP contribution in [0.15, 0.2) is 30.3 Å². The van der Waals surface area contributed by atoms with Crippen molar-refractivity contribution in [1.82, 2.24) is 5.32 Å². The second-order valence-electron chi connectivity index (χ2n) is 4.20. The first-order valence-corrected chi connectivity index (χ1v) is 5.75. The van der Waals surface area contributed by atoms with Gasteiger partial charge in [0.1, 0.15) is 0 Å². The SMILES string of the molecule is Cc1ccccc1/C=C/C(=O)NC(C)CC(=O)O. The summed E-state index contributed by atoms with van der Waals surface area (Å²) in [4.78, 5) is 22.0. The van der Waals surface area contributed by atoms with E-state index >= 15 is 0 Å². The monoisotopic (exact) mass is 247 g/mol. The predicted octanol–water partition coefficient (Wildman–Crippen LogP) is 1.99. The molecular formula is C14H17NO3. The van der Waals surface area contributed by atoms with Crippen molar-refractivity contribution in [2.45, 2.75) is 26.3 Å². The summed E-state index contributed by atoms with van der Waals surface area (Å²) in [5, 5.41) is 11.2. The zero-order valence-corrected chi connectivity index (χ0v) is 10.5. The van der Waals surface area contributed by atoms with Crippen molar-refractivity contribution < 1.29 is 14.7 Å². The Balaban J connectivity index is 2.55. The number of rotatable bonds is 5. The number of hydrogen-bond acceptors (Lipinski definition) is 2.